The van der Waals surface area contributed by atoms with Crippen molar-refractivity contribution in [1.82, 2.24) is 0 Å². The zero-order valence-electron chi connectivity index (χ0n) is 19.0. The van der Waals surface area contributed by atoms with Gasteiger partial charge in [-0.3, -0.25) is 4.79 Å². The van der Waals surface area contributed by atoms with Gasteiger partial charge >= 0.3 is 17.9 Å². The topological polar surface area (TPSA) is 136 Å². The second-order valence-corrected chi connectivity index (χ2v) is 7.59. The van der Waals surface area contributed by atoms with Gasteiger partial charge < -0.3 is 24.4 Å². The fourth-order valence-electron chi connectivity index (χ4n) is 3.26. The molecule has 0 saturated heterocycles. The van der Waals surface area contributed by atoms with E-state index in [1.54, 1.807) is 54.6 Å². The lowest BCUT2D eigenvalue weighted by atomic mass is 10.0. The van der Waals surface area contributed by atoms with Gasteiger partial charge in [-0.1, -0.05) is 54.6 Å². The van der Waals surface area contributed by atoms with Crippen molar-refractivity contribution in [1.29, 1.82) is 0 Å². The first-order chi connectivity index (χ1) is 17.4. The Morgan fingerprint density at radius 3 is 1.36 bits per heavy atom. The fraction of sp³-hybridized carbons (Fsp3) is 0.185. The highest BCUT2D eigenvalue weighted by Gasteiger charge is 2.42. The third-order valence-corrected chi connectivity index (χ3v) is 5.11. The summed E-state index contributed by atoms with van der Waals surface area (Å²) in [5, 5.41) is 20.1. The molecule has 0 aliphatic rings. The Kier molecular flexibility index (Phi) is 9.44. The van der Waals surface area contributed by atoms with Crippen LogP contribution in [0.15, 0.2) is 91.0 Å². The van der Waals surface area contributed by atoms with Crippen LogP contribution in [0.1, 0.15) is 31.1 Å². The number of aliphatic hydroxyl groups excluding tert-OH is 2. The molecule has 3 aromatic rings. The lowest BCUT2D eigenvalue weighted by molar-refractivity contribution is -0.141. The molecule has 36 heavy (non-hydrogen) atoms. The molecular formula is C27H24O9. The Balaban J connectivity index is 1.95. The molecule has 0 heterocycles. The van der Waals surface area contributed by atoms with Gasteiger partial charge in [0.1, 0.15) is 6.10 Å². The number of carbonyl (C=O) groups excluding carboxylic acids is 4. The molecule has 3 aromatic carbocycles. The lowest BCUT2D eigenvalue weighted by Gasteiger charge is -2.32. The molecule has 0 saturated carbocycles. The van der Waals surface area contributed by atoms with Crippen LogP contribution < -0.4 is 0 Å². The molecule has 0 amide bonds. The van der Waals surface area contributed by atoms with Gasteiger partial charge in [0.15, 0.2) is 24.6 Å². The summed E-state index contributed by atoms with van der Waals surface area (Å²) in [6, 6.07) is 23.2. The van der Waals surface area contributed by atoms with E-state index in [0.717, 1.165) is 0 Å². The Bertz CT molecular complexity index is 1150. The second kappa shape index (κ2) is 12.9. The zero-order chi connectivity index (χ0) is 25.9. The first-order valence-corrected chi connectivity index (χ1v) is 11.0. The van der Waals surface area contributed by atoms with Crippen molar-refractivity contribution in [2.75, 3.05) is 6.61 Å². The first-order valence-electron chi connectivity index (χ1n) is 11.0. The normalized spacial score (nSPS) is 13.9. The number of ether oxygens (including phenoxy) is 3. The highest BCUT2D eigenvalue weighted by Crippen LogP contribution is 2.20. The van der Waals surface area contributed by atoms with Crippen LogP contribution >= 0.6 is 0 Å². The quantitative estimate of drug-likeness (QED) is 0.234. The minimum absolute atomic E-state index is 0.0909. The van der Waals surface area contributed by atoms with Crippen LogP contribution in [0.25, 0.3) is 0 Å². The lowest BCUT2D eigenvalue weighted by Crippen LogP contribution is -2.52. The second-order valence-electron chi connectivity index (χ2n) is 7.59. The standard InChI is InChI=1S/C27H24O9/c28-16-21(30)23(35-26(32)19-12-6-2-7-13-19)24(36-27(33)20-14-8-3-9-15-20)22(17-29)34-25(31)18-10-4-1-5-11-18/h1-15,17,21-24,28,30H,16H2/t21-,22+,23-,24-/m1/s1. The minimum atomic E-state index is -1.79. The summed E-state index contributed by atoms with van der Waals surface area (Å²) < 4.78 is 16.1. The van der Waals surface area contributed by atoms with Crippen LogP contribution in [0.4, 0.5) is 0 Å². The molecule has 9 nitrogen and oxygen atoms in total. The molecule has 0 aromatic heterocycles. The van der Waals surface area contributed by atoms with E-state index in [0.29, 0.717) is 0 Å². The van der Waals surface area contributed by atoms with E-state index in [1.807, 2.05) is 0 Å². The molecule has 0 bridgehead atoms. The van der Waals surface area contributed by atoms with Crippen LogP contribution in [0.2, 0.25) is 0 Å². The molecular weight excluding hydrogens is 468 g/mol. The molecule has 3 rings (SSSR count). The predicted molar refractivity (Wildman–Crippen MR) is 126 cm³/mol. The molecule has 0 radical (unpaired) electrons. The third kappa shape index (κ3) is 6.84. The molecule has 9 heteroatoms. The van der Waals surface area contributed by atoms with Gasteiger partial charge in [0.05, 0.1) is 23.3 Å². The maximum Gasteiger partial charge on any atom is 0.338 e. The summed E-state index contributed by atoms with van der Waals surface area (Å²) >= 11 is 0. The van der Waals surface area contributed by atoms with Crippen LogP contribution in [-0.4, -0.2) is 65.4 Å². The SMILES string of the molecule is O=C[C@H](OC(=O)c1ccccc1)[C@@H](OC(=O)c1ccccc1)[C@H](OC(=O)c1ccccc1)[C@H](O)CO. The van der Waals surface area contributed by atoms with E-state index < -0.39 is 48.9 Å². The van der Waals surface area contributed by atoms with E-state index in [1.165, 1.54) is 36.4 Å². The largest absolute Gasteiger partial charge is 0.452 e. The van der Waals surface area contributed by atoms with Gasteiger partial charge in [-0.2, -0.15) is 0 Å². The van der Waals surface area contributed by atoms with Crippen molar-refractivity contribution in [3.8, 4) is 0 Å². The Morgan fingerprint density at radius 1 is 0.639 bits per heavy atom. The van der Waals surface area contributed by atoms with Gasteiger partial charge in [0.2, 0.25) is 0 Å². The maximum atomic E-state index is 12.8. The first kappa shape index (κ1) is 26.3. The van der Waals surface area contributed by atoms with Gasteiger partial charge in [-0.05, 0) is 36.4 Å². The molecule has 2 N–H and O–H groups in total. The average molecular weight is 492 g/mol. The van der Waals surface area contributed by atoms with E-state index >= 15 is 0 Å². The van der Waals surface area contributed by atoms with Crippen molar-refractivity contribution in [2.24, 2.45) is 0 Å². The average Bonchev–Trinajstić information content (AvgIpc) is 2.94. The van der Waals surface area contributed by atoms with Crippen LogP contribution in [0, 0.1) is 0 Å². The summed E-state index contributed by atoms with van der Waals surface area (Å²) in [4.78, 5) is 50.3. The smallest absolute Gasteiger partial charge is 0.338 e. The predicted octanol–water partition coefficient (Wildman–Crippen LogP) is 2.22. The monoisotopic (exact) mass is 492 g/mol. The number of rotatable bonds is 11. The van der Waals surface area contributed by atoms with Crippen molar-refractivity contribution in [3.63, 3.8) is 0 Å². The van der Waals surface area contributed by atoms with E-state index in [4.69, 9.17) is 14.2 Å². The highest BCUT2D eigenvalue weighted by atomic mass is 16.6. The number of benzene rings is 3. The van der Waals surface area contributed by atoms with Crippen molar-refractivity contribution in [2.45, 2.75) is 24.4 Å². The Labute approximate surface area is 206 Å². The molecule has 0 unspecified atom stereocenters. The third-order valence-electron chi connectivity index (χ3n) is 5.11. The minimum Gasteiger partial charge on any atom is -0.452 e. The summed E-state index contributed by atoms with van der Waals surface area (Å²) in [6.45, 7) is -0.912. The van der Waals surface area contributed by atoms with Crippen molar-refractivity contribution < 1.29 is 43.6 Å². The molecule has 0 aliphatic heterocycles. The molecule has 0 spiro atoms. The number of hydrogen-bond acceptors (Lipinski definition) is 9. The zero-order valence-corrected chi connectivity index (χ0v) is 19.0. The van der Waals surface area contributed by atoms with Crippen molar-refractivity contribution >= 4 is 24.2 Å². The van der Waals surface area contributed by atoms with Crippen LogP contribution in [0.3, 0.4) is 0 Å². The highest BCUT2D eigenvalue weighted by molar-refractivity contribution is 5.92. The van der Waals surface area contributed by atoms with E-state index in [-0.39, 0.29) is 23.0 Å². The fourth-order valence-corrected chi connectivity index (χ4v) is 3.26. The van der Waals surface area contributed by atoms with Crippen LogP contribution in [0.5, 0.6) is 0 Å². The maximum absolute atomic E-state index is 12.8. The summed E-state index contributed by atoms with van der Waals surface area (Å²) in [6.07, 6.45) is -6.95. The number of hydrogen-bond donors (Lipinski definition) is 2. The number of aldehydes is 1. The molecule has 186 valence electrons. The van der Waals surface area contributed by atoms with Gasteiger partial charge in [-0.25, -0.2) is 14.4 Å². The Morgan fingerprint density at radius 2 is 1.00 bits per heavy atom. The summed E-state index contributed by atoms with van der Waals surface area (Å²) in [5.74, 6) is -2.78. The molecule has 0 aliphatic carbocycles. The van der Waals surface area contributed by atoms with Crippen LogP contribution in [-0.2, 0) is 19.0 Å². The molecule has 4 atom stereocenters. The number of aliphatic hydroxyl groups is 2. The van der Waals surface area contributed by atoms with Gasteiger partial charge in [-0.15, -0.1) is 0 Å². The van der Waals surface area contributed by atoms with E-state index in [2.05, 4.69) is 0 Å². The van der Waals surface area contributed by atoms with Gasteiger partial charge in [0.25, 0.3) is 0 Å². The summed E-state index contributed by atoms with van der Waals surface area (Å²) in [5.41, 5.74) is 0.302. The van der Waals surface area contributed by atoms with E-state index in [9.17, 15) is 29.4 Å². The van der Waals surface area contributed by atoms with Gasteiger partial charge in [0, 0.05) is 0 Å². The van der Waals surface area contributed by atoms with Crippen molar-refractivity contribution in [3.05, 3.63) is 108 Å². The summed E-state index contributed by atoms with van der Waals surface area (Å²) in [7, 11) is 0. The number of esters is 3. The number of carbonyl (C=O) groups is 4. The molecule has 0 fully saturated rings. The Hall–Kier alpha value is -4.34.